The molecule has 0 bridgehead atoms. The molecular weight excluding hydrogens is 487 g/mol. The number of rotatable bonds is 7. The van der Waals surface area contributed by atoms with Crippen molar-refractivity contribution in [2.45, 2.75) is 33.2 Å². The van der Waals surface area contributed by atoms with Gasteiger partial charge >= 0.3 is 6.36 Å². The van der Waals surface area contributed by atoms with Crippen molar-refractivity contribution in [2.24, 2.45) is 0 Å². The van der Waals surface area contributed by atoms with E-state index in [0.29, 0.717) is 6.42 Å². The standard InChI is InChI=1S/C32H28F3NO2/c1-21-7-4-5-8-25(21)19-36-20-26(30-18-28(37-3)15-16-31(30)36)17-24-9-6-10-29(22(24)2)23-11-13-27(14-12-23)38-32(33,34)35/h4-16,18,20H,17,19H2,1-3H3. The van der Waals surface area contributed by atoms with Crippen LogP contribution in [0.1, 0.15) is 27.8 Å². The molecule has 0 aliphatic heterocycles. The van der Waals surface area contributed by atoms with Gasteiger partial charge in [-0.25, -0.2) is 0 Å². The first-order valence-electron chi connectivity index (χ1n) is 12.4. The second kappa shape index (κ2) is 10.3. The zero-order chi connectivity index (χ0) is 26.9. The fraction of sp³-hybridized carbons (Fsp3) is 0.188. The predicted octanol–water partition coefficient (Wildman–Crippen LogP) is 8.47. The topological polar surface area (TPSA) is 23.4 Å². The van der Waals surface area contributed by atoms with E-state index in [9.17, 15) is 13.2 Å². The molecule has 0 spiro atoms. The molecule has 5 aromatic rings. The minimum Gasteiger partial charge on any atom is -0.497 e. The smallest absolute Gasteiger partial charge is 0.497 e. The quantitative estimate of drug-likeness (QED) is 0.217. The summed E-state index contributed by atoms with van der Waals surface area (Å²) in [4.78, 5) is 0. The number of halogens is 3. The summed E-state index contributed by atoms with van der Waals surface area (Å²) in [6.07, 6.45) is -1.79. The highest BCUT2D eigenvalue weighted by molar-refractivity contribution is 5.86. The lowest BCUT2D eigenvalue weighted by Gasteiger charge is -2.13. The Morgan fingerprint density at radius 3 is 2.18 bits per heavy atom. The van der Waals surface area contributed by atoms with Gasteiger partial charge in [-0.2, -0.15) is 0 Å². The zero-order valence-electron chi connectivity index (χ0n) is 21.5. The van der Waals surface area contributed by atoms with Crippen LogP contribution in [0.2, 0.25) is 0 Å². The second-order valence-corrected chi connectivity index (χ2v) is 9.43. The molecule has 0 saturated carbocycles. The van der Waals surface area contributed by atoms with Gasteiger partial charge in [-0.15, -0.1) is 13.2 Å². The van der Waals surface area contributed by atoms with Gasteiger partial charge in [0.05, 0.1) is 7.11 Å². The molecule has 0 saturated heterocycles. The number of fused-ring (bicyclic) bond motifs is 1. The van der Waals surface area contributed by atoms with E-state index in [0.717, 1.165) is 45.5 Å². The lowest BCUT2D eigenvalue weighted by Crippen LogP contribution is -2.16. The van der Waals surface area contributed by atoms with Crippen LogP contribution < -0.4 is 9.47 Å². The van der Waals surface area contributed by atoms with E-state index in [-0.39, 0.29) is 5.75 Å². The van der Waals surface area contributed by atoms with Gasteiger partial charge in [0.25, 0.3) is 0 Å². The lowest BCUT2D eigenvalue weighted by atomic mass is 9.93. The van der Waals surface area contributed by atoms with Crippen molar-refractivity contribution in [3.63, 3.8) is 0 Å². The second-order valence-electron chi connectivity index (χ2n) is 9.43. The van der Waals surface area contributed by atoms with E-state index in [1.54, 1.807) is 19.2 Å². The number of benzene rings is 4. The number of ether oxygens (including phenoxy) is 2. The third-order valence-electron chi connectivity index (χ3n) is 7.00. The zero-order valence-corrected chi connectivity index (χ0v) is 21.5. The lowest BCUT2D eigenvalue weighted by molar-refractivity contribution is -0.274. The summed E-state index contributed by atoms with van der Waals surface area (Å²) in [6, 6.07) is 26.7. The molecule has 1 heterocycles. The van der Waals surface area contributed by atoms with Crippen molar-refractivity contribution in [3.8, 4) is 22.6 Å². The Bertz CT molecular complexity index is 1580. The average molecular weight is 516 g/mol. The van der Waals surface area contributed by atoms with Crippen molar-refractivity contribution in [3.05, 3.63) is 119 Å². The maximum atomic E-state index is 12.6. The highest BCUT2D eigenvalue weighted by Gasteiger charge is 2.31. The van der Waals surface area contributed by atoms with Crippen LogP contribution in [0.3, 0.4) is 0 Å². The van der Waals surface area contributed by atoms with Gasteiger partial charge < -0.3 is 14.0 Å². The van der Waals surface area contributed by atoms with Crippen LogP contribution in [0.25, 0.3) is 22.0 Å². The molecule has 0 amide bonds. The van der Waals surface area contributed by atoms with Crippen molar-refractivity contribution in [1.29, 1.82) is 0 Å². The Morgan fingerprint density at radius 2 is 1.47 bits per heavy atom. The van der Waals surface area contributed by atoms with E-state index < -0.39 is 6.36 Å². The molecule has 6 heteroatoms. The van der Waals surface area contributed by atoms with Crippen LogP contribution in [0, 0.1) is 13.8 Å². The summed E-state index contributed by atoms with van der Waals surface area (Å²) in [5, 5.41) is 1.14. The molecule has 4 aromatic carbocycles. The third kappa shape index (κ3) is 5.40. The largest absolute Gasteiger partial charge is 0.573 e. The summed E-state index contributed by atoms with van der Waals surface area (Å²) in [7, 11) is 1.67. The monoisotopic (exact) mass is 515 g/mol. The van der Waals surface area contributed by atoms with Crippen molar-refractivity contribution < 1.29 is 22.6 Å². The molecule has 0 radical (unpaired) electrons. The molecule has 0 aliphatic rings. The first-order valence-corrected chi connectivity index (χ1v) is 12.4. The van der Waals surface area contributed by atoms with Gasteiger partial charge in [-0.1, -0.05) is 54.6 Å². The third-order valence-corrected chi connectivity index (χ3v) is 7.00. The Morgan fingerprint density at radius 1 is 0.763 bits per heavy atom. The van der Waals surface area contributed by atoms with E-state index in [4.69, 9.17) is 4.74 Å². The summed E-state index contributed by atoms with van der Waals surface area (Å²) >= 11 is 0. The Labute approximate surface area is 220 Å². The molecule has 0 fully saturated rings. The predicted molar refractivity (Wildman–Crippen MR) is 145 cm³/mol. The summed E-state index contributed by atoms with van der Waals surface area (Å²) in [5.74, 6) is 0.574. The van der Waals surface area contributed by atoms with E-state index in [1.807, 2.05) is 18.2 Å². The van der Waals surface area contributed by atoms with Crippen LogP contribution in [0.4, 0.5) is 13.2 Å². The van der Waals surface area contributed by atoms with E-state index >= 15 is 0 Å². The first-order chi connectivity index (χ1) is 18.2. The summed E-state index contributed by atoms with van der Waals surface area (Å²) < 4.78 is 49.5. The first kappa shape index (κ1) is 25.5. The SMILES string of the molecule is COc1ccc2c(c1)c(Cc1cccc(-c3ccc(OC(F)(F)F)cc3)c1C)cn2Cc1ccccc1C. The minimum absolute atomic E-state index is 0.231. The molecule has 38 heavy (non-hydrogen) atoms. The highest BCUT2D eigenvalue weighted by Crippen LogP contribution is 2.33. The van der Waals surface area contributed by atoms with Crippen LogP contribution in [0.15, 0.2) is 91.1 Å². The van der Waals surface area contributed by atoms with Crippen molar-refractivity contribution >= 4 is 10.9 Å². The van der Waals surface area contributed by atoms with Crippen molar-refractivity contribution in [2.75, 3.05) is 7.11 Å². The van der Waals surface area contributed by atoms with Crippen LogP contribution >= 0.6 is 0 Å². The van der Waals surface area contributed by atoms with Crippen LogP contribution in [-0.4, -0.2) is 18.0 Å². The molecule has 194 valence electrons. The van der Waals surface area contributed by atoms with Crippen LogP contribution in [0.5, 0.6) is 11.5 Å². The van der Waals surface area contributed by atoms with Crippen molar-refractivity contribution in [1.82, 2.24) is 4.57 Å². The highest BCUT2D eigenvalue weighted by atomic mass is 19.4. The molecule has 0 N–H and O–H groups in total. The van der Waals surface area contributed by atoms with E-state index in [1.165, 1.54) is 28.8 Å². The number of methoxy groups -OCH3 is 1. The Kier molecular flexibility index (Phi) is 6.89. The molecule has 1 aromatic heterocycles. The normalized spacial score (nSPS) is 11.6. The molecule has 0 atom stereocenters. The summed E-state index contributed by atoms with van der Waals surface area (Å²) in [6.45, 7) is 4.94. The number of aromatic nitrogens is 1. The Balaban J connectivity index is 1.50. The minimum atomic E-state index is -4.71. The maximum Gasteiger partial charge on any atom is 0.573 e. The Hall–Kier alpha value is -4.19. The molecule has 5 rings (SSSR count). The molecule has 3 nitrogen and oxygen atoms in total. The fourth-order valence-electron chi connectivity index (χ4n) is 4.95. The number of alkyl halides is 3. The van der Waals surface area contributed by atoms with E-state index in [2.05, 4.69) is 71.8 Å². The van der Waals surface area contributed by atoms with Gasteiger partial charge in [0, 0.05) is 23.6 Å². The average Bonchev–Trinajstić information content (AvgIpc) is 3.22. The molecule has 0 aliphatic carbocycles. The van der Waals surface area contributed by atoms with Gasteiger partial charge in [0.1, 0.15) is 11.5 Å². The maximum absolute atomic E-state index is 12.6. The fourth-order valence-corrected chi connectivity index (χ4v) is 4.95. The van der Waals surface area contributed by atoms with Gasteiger partial charge in [0.2, 0.25) is 0 Å². The van der Waals surface area contributed by atoms with Gasteiger partial charge in [-0.05, 0) is 89.5 Å². The number of hydrogen-bond donors (Lipinski definition) is 0. The summed E-state index contributed by atoms with van der Waals surface area (Å²) in [5.41, 5.74) is 8.88. The van der Waals surface area contributed by atoms with Crippen LogP contribution in [-0.2, 0) is 13.0 Å². The number of nitrogens with zero attached hydrogens (tertiary/aromatic N) is 1. The molecular formula is C32H28F3NO2. The molecule has 0 unspecified atom stereocenters. The number of aryl methyl sites for hydroxylation is 1. The van der Waals surface area contributed by atoms with Gasteiger partial charge in [-0.3, -0.25) is 0 Å². The number of hydrogen-bond acceptors (Lipinski definition) is 2. The van der Waals surface area contributed by atoms with Gasteiger partial charge in [0.15, 0.2) is 0 Å².